The van der Waals surface area contributed by atoms with Crippen molar-refractivity contribution >= 4 is 29.4 Å². The second-order valence-electron chi connectivity index (χ2n) is 8.83. The van der Waals surface area contributed by atoms with Crippen molar-refractivity contribution in [1.29, 1.82) is 0 Å². The summed E-state index contributed by atoms with van der Waals surface area (Å²) in [5.41, 5.74) is 2.23. The SMILES string of the molecule is O=C(COC(=O)c1ccccc1SCC(=O)N1CCCC1)c1ccc(C2CCCCC2)cc1. The van der Waals surface area contributed by atoms with Crippen LogP contribution in [0.2, 0.25) is 0 Å². The first-order valence-electron chi connectivity index (χ1n) is 11.9. The van der Waals surface area contributed by atoms with Gasteiger partial charge in [-0.2, -0.15) is 0 Å². The monoisotopic (exact) mass is 465 g/mol. The van der Waals surface area contributed by atoms with Crippen molar-refractivity contribution in [3.05, 3.63) is 65.2 Å². The van der Waals surface area contributed by atoms with E-state index in [1.54, 1.807) is 12.1 Å². The van der Waals surface area contributed by atoms with Gasteiger partial charge >= 0.3 is 5.97 Å². The number of carbonyl (C=O) groups excluding carboxylic acids is 3. The van der Waals surface area contributed by atoms with Crippen LogP contribution in [0.4, 0.5) is 0 Å². The Labute approximate surface area is 199 Å². The third-order valence-electron chi connectivity index (χ3n) is 6.56. The lowest BCUT2D eigenvalue weighted by Gasteiger charge is -2.22. The Hall–Kier alpha value is -2.60. The van der Waals surface area contributed by atoms with Gasteiger partial charge in [-0.05, 0) is 49.3 Å². The number of hydrogen-bond donors (Lipinski definition) is 0. The van der Waals surface area contributed by atoms with Crippen LogP contribution in [-0.2, 0) is 9.53 Å². The molecule has 6 heteroatoms. The number of benzene rings is 2. The Morgan fingerprint density at radius 3 is 2.30 bits per heavy atom. The molecule has 0 spiro atoms. The van der Waals surface area contributed by atoms with Gasteiger partial charge in [-0.1, -0.05) is 55.7 Å². The molecule has 2 aromatic rings. The van der Waals surface area contributed by atoms with E-state index in [0.717, 1.165) is 25.9 Å². The molecule has 0 atom stereocenters. The molecule has 2 aliphatic rings. The van der Waals surface area contributed by atoms with E-state index in [-0.39, 0.29) is 24.1 Å². The van der Waals surface area contributed by atoms with Gasteiger partial charge < -0.3 is 9.64 Å². The van der Waals surface area contributed by atoms with Crippen molar-refractivity contribution in [3.8, 4) is 0 Å². The van der Waals surface area contributed by atoms with Gasteiger partial charge in [0.1, 0.15) is 0 Å². The average molecular weight is 466 g/mol. The topological polar surface area (TPSA) is 63.7 Å². The van der Waals surface area contributed by atoms with E-state index in [4.69, 9.17) is 4.74 Å². The minimum atomic E-state index is -0.543. The molecule has 0 bridgehead atoms. The normalized spacial score (nSPS) is 16.5. The van der Waals surface area contributed by atoms with Crippen molar-refractivity contribution in [2.45, 2.75) is 55.8 Å². The third-order valence-corrected chi connectivity index (χ3v) is 7.62. The number of carbonyl (C=O) groups is 3. The van der Waals surface area contributed by atoms with Crippen molar-refractivity contribution in [2.75, 3.05) is 25.4 Å². The van der Waals surface area contributed by atoms with Gasteiger partial charge in [0.15, 0.2) is 12.4 Å². The fraction of sp³-hybridized carbons (Fsp3) is 0.444. The quantitative estimate of drug-likeness (QED) is 0.293. The second kappa shape index (κ2) is 11.5. The lowest BCUT2D eigenvalue weighted by Crippen LogP contribution is -2.29. The van der Waals surface area contributed by atoms with Gasteiger partial charge in [0.25, 0.3) is 0 Å². The zero-order chi connectivity index (χ0) is 23.0. The van der Waals surface area contributed by atoms with Gasteiger partial charge in [0.2, 0.25) is 5.91 Å². The predicted octanol–water partition coefficient (Wildman–Crippen LogP) is 5.49. The van der Waals surface area contributed by atoms with E-state index in [1.165, 1.54) is 49.4 Å². The Morgan fingerprint density at radius 1 is 0.879 bits per heavy atom. The minimum absolute atomic E-state index is 0.0903. The molecule has 33 heavy (non-hydrogen) atoms. The molecular formula is C27H31NO4S. The van der Waals surface area contributed by atoms with Crippen LogP contribution in [0.3, 0.4) is 0 Å². The number of Topliss-reactive ketones (excluding diaryl/α,β-unsaturated/α-hetero) is 1. The number of amides is 1. The highest BCUT2D eigenvalue weighted by atomic mass is 32.2. The van der Waals surface area contributed by atoms with E-state index < -0.39 is 5.97 Å². The first-order valence-corrected chi connectivity index (χ1v) is 12.9. The zero-order valence-corrected chi connectivity index (χ0v) is 19.8. The predicted molar refractivity (Wildman–Crippen MR) is 130 cm³/mol. The molecule has 0 radical (unpaired) electrons. The lowest BCUT2D eigenvalue weighted by atomic mass is 9.84. The standard InChI is InChI=1S/C27H31NO4S/c29-24(22-14-12-21(13-15-22)20-8-2-1-3-9-20)18-32-27(31)23-10-4-5-11-25(23)33-19-26(30)28-16-6-7-17-28/h4-5,10-15,20H,1-3,6-9,16-19H2. The van der Waals surface area contributed by atoms with Gasteiger partial charge in [0.05, 0.1) is 11.3 Å². The fourth-order valence-corrected chi connectivity index (χ4v) is 5.57. The molecule has 4 rings (SSSR count). The lowest BCUT2D eigenvalue weighted by molar-refractivity contribution is -0.127. The van der Waals surface area contributed by atoms with Crippen LogP contribution >= 0.6 is 11.8 Å². The summed E-state index contributed by atoms with van der Waals surface area (Å²) in [6.45, 7) is 1.33. The van der Waals surface area contributed by atoms with Crippen LogP contribution in [0.1, 0.15) is 77.1 Å². The van der Waals surface area contributed by atoms with E-state index in [0.29, 0.717) is 21.9 Å². The number of thioether (sulfide) groups is 1. The molecule has 0 N–H and O–H groups in total. The summed E-state index contributed by atoms with van der Waals surface area (Å²) in [4.78, 5) is 40.2. The molecule has 1 heterocycles. The van der Waals surface area contributed by atoms with Crippen LogP contribution in [0.5, 0.6) is 0 Å². The van der Waals surface area contributed by atoms with Crippen molar-refractivity contribution in [2.24, 2.45) is 0 Å². The van der Waals surface area contributed by atoms with Gasteiger partial charge in [-0.3, -0.25) is 9.59 Å². The fourth-order valence-electron chi connectivity index (χ4n) is 4.63. The van der Waals surface area contributed by atoms with Crippen molar-refractivity contribution < 1.29 is 19.1 Å². The number of ketones is 1. The highest BCUT2D eigenvalue weighted by molar-refractivity contribution is 8.00. The summed E-state index contributed by atoms with van der Waals surface area (Å²) in [6.07, 6.45) is 8.39. The van der Waals surface area contributed by atoms with E-state index in [2.05, 4.69) is 0 Å². The van der Waals surface area contributed by atoms with Crippen molar-refractivity contribution in [1.82, 2.24) is 4.90 Å². The Balaban J connectivity index is 1.31. The van der Waals surface area contributed by atoms with E-state index in [1.807, 2.05) is 41.3 Å². The van der Waals surface area contributed by atoms with Gasteiger partial charge in [-0.15, -0.1) is 11.8 Å². The van der Waals surface area contributed by atoms with Crippen LogP contribution in [-0.4, -0.2) is 48.0 Å². The average Bonchev–Trinajstić information content (AvgIpc) is 3.42. The number of likely N-dealkylation sites (tertiary alicyclic amines) is 1. The maximum absolute atomic E-state index is 12.7. The maximum atomic E-state index is 12.7. The minimum Gasteiger partial charge on any atom is -0.454 e. The second-order valence-corrected chi connectivity index (χ2v) is 9.85. The Morgan fingerprint density at radius 2 is 1.58 bits per heavy atom. The number of esters is 1. The van der Waals surface area contributed by atoms with Crippen LogP contribution < -0.4 is 0 Å². The number of hydrogen-bond acceptors (Lipinski definition) is 5. The highest BCUT2D eigenvalue weighted by Crippen LogP contribution is 2.32. The summed E-state index contributed by atoms with van der Waals surface area (Å²) in [6, 6.07) is 14.8. The number of nitrogens with zero attached hydrogens (tertiary/aromatic N) is 1. The molecular weight excluding hydrogens is 434 g/mol. The molecule has 1 aliphatic carbocycles. The van der Waals surface area contributed by atoms with Crippen LogP contribution in [0.25, 0.3) is 0 Å². The number of rotatable bonds is 8. The summed E-state index contributed by atoms with van der Waals surface area (Å²) in [5.74, 6) is 0.211. The van der Waals surface area contributed by atoms with Crippen LogP contribution in [0.15, 0.2) is 53.4 Å². The molecule has 5 nitrogen and oxygen atoms in total. The first-order chi connectivity index (χ1) is 16.1. The molecule has 1 amide bonds. The summed E-state index contributed by atoms with van der Waals surface area (Å²) < 4.78 is 5.34. The number of ether oxygens (including phenoxy) is 1. The van der Waals surface area contributed by atoms with Crippen LogP contribution in [0, 0.1) is 0 Å². The largest absolute Gasteiger partial charge is 0.454 e. The summed E-state index contributed by atoms with van der Waals surface area (Å²) in [5, 5.41) is 0. The molecule has 2 aromatic carbocycles. The molecule has 1 saturated carbocycles. The third kappa shape index (κ3) is 6.26. The van der Waals surface area contributed by atoms with Crippen molar-refractivity contribution in [3.63, 3.8) is 0 Å². The maximum Gasteiger partial charge on any atom is 0.339 e. The molecule has 1 saturated heterocycles. The molecule has 0 unspecified atom stereocenters. The zero-order valence-electron chi connectivity index (χ0n) is 19.0. The molecule has 174 valence electrons. The first kappa shape index (κ1) is 23.6. The summed E-state index contributed by atoms with van der Waals surface area (Å²) >= 11 is 1.34. The summed E-state index contributed by atoms with van der Waals surface area (Å²) in [7, 11) is 0. The Kier molecular flexibility index (Phi) is 8.21. The van der Waals surface area contributed by atoms with E-state index in [9.17, 15) is 14.4 Å². The molecule has 2 fully saturated rings. The smallest absolute Gasteiger partial charge is 0.339 e. The Bertz CT molecular complexity index is 976. The molecule has 1 aliphatic heterocycles. The highest BCUT2D eigenvalue weighted by Gasteiger charge is 2.21. The molecule has 0 aromatic heterocycles. The van der Waals surface area contributed by atoms with Gasteiger partial charge in [0, 0.05) is 23.5 Å². The van der Waals surface area contributed by atoms with Gasteiger partial charge in [-0.25, -0.2) is 4.79 Å². The van der Waals surface area contributed by atoms with E-state index >= 15 is 0 Å².